The summed E-state index contributed by atoms with van der Waals surface area (Å²) in [5.74, 6) is 0.0460. The topological polar surface area (TPSA) is 119 Å². The Morgan fingerprint density at radius 2 is 1.62 bits per heavy atom. The second kappa shape index (κ2) is 8.92. The van der Waals surface area contributed by atoms with E-state index in [2.05, 4.69) is 19.2 Å². The Balaban J connectivity index is 1.94. The quantitative estimate of drug-likeness (QED) is 0.491. The second-order valence-corrected chi connectivity index (χ2v) is 7.24. The van der Waals surface area contributed by atoms with Gasteiger partial charge in [0.05, 0.1) is 6.61 Å². The molecule has 1 amide bonds. The van der Waals surface area contributed by atoms with E-state index >= 15 is 0 Å². The molecule has 6 atom stereocenters. The van der Waals surface area contributed by atoms with Gasteiger partial charge in [-0.15, -0.1) is 0 Å². The van der Waals surface area contributed by atoms with Gasteiger partial charge in [-0.3, -0.25) is 4.79 Å². The molecule has 1 aliphatic rings. The Morgan fingerprint density at radius 3 is 2.15 bits per heavy atom. The van der Waals surface area contributed by atoms with Gasteiger partial charge in [0.1, 0.15) is 24.4 Å². The maximum Gasteiger partial charge on any atom is 0.222 e. The molecule has 1 heterocycles. The van der Waals surface area contributed by atoms with E-state index in [9.17, 15) is 25.2 Å². The van der Waals surface area contributed by atoms with Crippen molar-refractivity contribution >= 4 is 5.91 Å². The number of aliphatic hydroxyl groups excluding tert-OH is 4. The third-order valence-electron chi connectivity index (χ3n) is 4.86. The molecule has 146 valence electrons. The molecule has 0 bridgehead atoms. The van der Waals surface area contributed by atoms with Crippen LogP contribution in [0.15, 0.2) is 24.3 Å². The van der Waals surface area contributed by atoms with Gasteiger partial charge in [0.25, 0.3) is 0 Å². The van der Waals surface area contributed by atoms with Crippen molar-refractivity contribution in [1.29, 1.82) is 0 Å². The van der Waals surface area contributed by atoms with E-state index in [4.69, 9.17) is 4.74 Å². The zero-order valence-corrected chi connectivity index (χ0v) is 15.4. The first kappa shape index (κ1) is 20.8. The average Bonchev–Trinajstić information content (AvgIpc) is 2.62. The maximum absolute atomic E-state index is 12.3. The number of rotatable bonds is 6. The summed E-state index contributed by atoms with van der Waals surface area (Å²) >= 11 is 0. The highest BCUT2D eigenvalue weighted by molar-refractivity contribution is 5.77. The van der Waals surface area contributed by atoms with Gasteiger partial charge in [-0.05, 0) is 23.0 Å². The molecular formula is C19H29NO6. The molecule has 1 fully saturated rings. The summed E-state index contributed by atoms with van der Waals surface area (Å²) in [6, 6.07) is 8.10. The molecule has 0 radical (unpaired) electrons. The van der Waals surface area contributed by atoms with Gasteiger partial charge in [-0.2, -0.15) is 0 Å². The van der Waals surface area contributed by atoms with Crippen molar-refractivity contribution in [3.63, 3.8) is 0 Å². The number of hydrogen-bond acceptors (Lipinski definition) is 6. The minimum Gasteiger partial charge on any atom is -0.394 e. The number of aliphatic hydroxyl groups is 4. The summed E-state index contributed by atoms with van der Waals surface area (Å²) in [6.45, 7) is 5.63. The second-order valence-electron chi connectivity index (χ2n) is 7.24. The van der Waals surface area contributed by atoms with Gasteiger partial charge in [-0.1, -0.05) is 45.0 Å². The average molecular weight is 367 g/mol. The molecule has 0 aromatic heterocycles. The number of carbonyl (C=O) groups is 1. The minimum absolute atomic E-state index is 0.0406. The van der Waals surface area contributed by atoms with Gasteiger partial charge in [0, 0.05) is 6.42 Å². The van der Waals surface area contributed by atoms with Crippen molar-refractivity contribution in [2.24, 2.45) is 0 Å². The van der Waals surface area contributed by atoms with Crippen LogP contribution in [0.1, 0.15) is 50.2 Å². The van der Waals surface area contributed by atoms with E-state index in [0.717, 1.165) is 5.56 Å². The first-order valence-corrected chi connectivity index (χ1v) is 8.94. The number of benzene rings is 1. The molecule has 5 N–H and O–H groups in total. The number of nitrogens with one attached hydrogen (secondary N) is 1. The fourth-order valence-corrected chi connectivity index (χ4v) is 3.04. The third-order valence-corrected chi connectivity index (χ3v) is 4.86. The van der Waals surface area contributed by atoms with Crippen LogP contribution in [-0.2, 0) is 9.53 Å². The Bertz CT molecular complexity index is 588. The van der Waals surface area contributed by atoms with Crippen LogP contribution in [0.25, 0.3) is 0 Å². The van der Waals surface area contributed by atoms with Crippen LogP contribution in [0.2, 0.25) is 0 Å². The van der Waals surface area contributed by atoms with Gasteiger partial charge in [-0.25, -0.2) is 0 Å². The van der Waals surface area contributed by atoms with Gasteiger partial charge < -0.3 is 30.5 Å². The molecule has 1 aliphatic heterocycles. The highest BCUT2D eigenvalue weighted by Crippen LogP contribution is 2.23. The summed E-state index contributed by atoms with van der Waals surface area (Å²) in [7, 11) is 0. The maximum atomic E-state index is 12.3. The molecule has 0 saturated carbocycles. The lowest BCUT2D eigenvalue weighted by Gasteiger charge is -2.40. The Morgan fingerprint density at radius 1 is 1.04 bits per heavy atom. The monoisotopic (exact) mass is 367 g/mol. The van der Waals surface area contributed by atoms with Gasteiger partial charge >= 0.3 is 0 Å². The predicted molar refractivity (Wildman–Crippen MR) is 95.5 cm³/mol. The summed E-state index contributed by atoms with van der Waals surface area (Å²) < 4.78 is 5.29. The van der Waals surface area contributed by atoms with Crippen molar-refractivity contribution in [1.82, 2.24) is 5.32 Å². The first-order chi connectivity index (χ1) is 12.2. The van der Waals surface area contributed by atoms with E-state index in [1.54, 1.807) is 0 Å². The third kappa shape index (κ3) is 4.81. The predicted octanol–water partition coefficient (Wildman–Crippen LogP) is 0.220. The summed E-state index contributed by atoms with van der Waals surface area (Å²) in [5.41, 5.74) is 2.25. The van der Waals surface area contributed by atoms with E-state index in [0.29, 0.717) is 5.92 Å². The summed E-state index contributed by atoms with van der Waals surface area (Å²) in [4.78, 5) is 12.3. The van der Waals surface area contributed by atoms with E-state index < -0.39 is 37.3 Å². The van der Waals surface area contributed by atoms with Crippen LogP contribution in [0.3, 0.4) is 0 Å². The molecule has 7 heteroatoms. The highest BCUT2D eigenvalue weighted by Gasteiger charge is 2.43. The number of amides is 1. The summed E-state index contributed by atoms with van der Waals surface area (Å²) in [5, 5.41) is 41.2. The fraction of sp³-hybridized carbons (Fsp3) is 0.632. The summed E-state index contributed by atoms with van der Waals surface area (Å²) in [6.07, 6.45) is -6.48. The standard InChI is InChI=1S/C19H29NO6/c1-10(2)12-4-6-13(7-5-12)11(3)8-15(22)20-19-18(25)17(24)16(23)14(9-21)26-19/h4-7,10-11,14,16-19,21,23-25H,8-9H2,1-3H3,(H,20,22)/t11-,14+,16+,17-,18+,19+/m0/s1. The van der Waals surface area contributed by atoms with Crippen LogP contribution in [0, 0.1) is 0 Å². The largest absolute Gasteiger partial charge is 0.394 e. The number of hydrogen-bond donors (Lipinski definition) is 5. The van der Waals surface area contributed by atoms with Crippen molar-refractivity contribution in [3.05, 3.63) is 35.4 Å². The van der Waals surface area contributed by atoms with Crippen LogP contribution in [-0.4, -0.2) is 63.6 Å². The van der Waals surface area contributed by atoms with E-state index in [-0.39, 0.29) is 18.2 Å². The van der Waals surface area contributed by atoms with Gasteiger partial charge in [0.2, 0.25) is 5.91 Å². The molecule has 2 rings (SSSR count). The molecule has 26 heavy (non-hydrogen) atoms. The zero-order valence-electron chi connectivity index (χ0n) is 15.4. The molecule has 7 nitrogen and oxygen atoms in total. The SMILES string of the molecule is CC(C)c1ccc([C@@H](C)CC(=O)N[C@@H]2O[C@H](CO)[C@@H](O)[C@H](O)[C@H]2O)cc1. The lowest BCUT2D eigenvalue weighted by atomic mass is 9.94. The normalized spacial score (nSPS) is 30.2. The molecule has 0 unspecified atom stereocenters. The fourth-order valence-electron chi connectivity index (χ4n) is 3.04. The first-order valence-electron chi connectivity index (χ1n) is 8.94. The Kier molecular flexibility index (Phi) is 7.14. The smallest absolute Gasteiger partial charge is 0.222 e. The van der Waals surface area contributed by atoms with Crippen molar-refractivity contribution in [2.45, 2.75) is 69.7 Å². The van der Waals surface area contributed by atoms with Crippen LogP contribution in [0.4, 0.5) is 0 Å². The van der Waals surface area contributed by atoms with Gasteiger partial charge in [0.15, 0.2) is 6.23 Å². The number of ether oxygens (including phenoxy) is 1. The molecule has 0 spiro atoms. The van der Waals surface area contributed by atoms with Crippen molar-refractivity contribution in [2.75, 3.05) is 6.61 Å². The van der Waals surface area contributed by atoms with E-state index in [1.165, 1.54) is 5.56 Å². The van der Waals surface area contributed by atoms with Crippen molar-refractivity contribution < 1.29 is 30.0 Å². The molecule has 0 aliphatic carbocycles. The van der Waals surface area contributed by atoms with Crippen LogP contribution < -0.4 is 5.32 Å². The lowest BCUT2D eigenvalue weighted by Crippen LogP contribution is -2.63. The Hall–Kier alpha value is -1.51. The molecule has 1 aromatic rings. The molecule has 1 saturated heterocycles. The number of carbonyl (C=O) groups excluding carboxylic acids is 1. The van der Waals surface area contributed by atoms with E-state index in [1.807, 2.05) is 31.2 Å². The minimum atomic E-state index is -1.51. The Labute approximate surface area is 153 Å². The van der Waals surface area contributed by atoms with Crippen molar-refractivity contribution in [3.8, 4) is 0 Å². The zero-order chi connectivity index (χ0) is 19.4. The molecular weight excluding hydrogens is 338 g/mol. The highest BCUT2D eigenvalue weighted by atomic mass is 16.6. The lowest BCUT2D eigenvalue weighted by molar-refractivity contribution is -0.236. The van der Waals surface area contributed by atoms with Crippen LogP contribution in [0.5, 0.6) is 0 Å². The van der Waals surface area contributed by atoms with Crippen LogP contribution >= 0.6 is 0 Å². The molecule has 1 aromatic carbocycles.